The van der Waals surface area contributed by atoms with Crippen molar-refractivity contribution in [1.29, 1.82) is 0 Å². The average Bonchev–Trinajstić information content (AvgIpc) is 3.80. The van der Waals surface area contributed by atoms with Crippen LogP contribution in [0.1, 0.15) is 84.0 Å². The number of hydrogen-bond donors (Lipinski definition) is 10. The van der Waals surface area contributed by atoms with E-state index in [4.69, 9.17) is 21.9 Å². The zero-order valence-electron chi connectivity index (χ0n) is 38.7. The number of imidazole rings is 1. The number of carbonyl (C=O) groups excluding carboxylic acids is 7. The van der Waals surface area contributed by atoms with Crippen LogP contribution in [0.2, 0.25) is 0 Å². The minimum absolute atomic E-state index is 0.0372. The lowest BCUT2D eigenvalue weighted by Gasteiger charge is -2.30. The van der Waals surface area contributed by atoms with Gasteiger partial charge in [0.1, 0.15) is 42.9 Å². The van der Waals surface area contributed by atoms with Gasteiger partial charge >= 0.3 is 6.09 Å². The first-order valence-corrected chi connectivity index (χ1v) is 22.2. The molecule has 20 heteroatoms. The molecule has 0 aliphatic carbocycles. The second-order valence-electron chi connectivity index (χ2n) is 17.0. The number of nitrogens with zero attached hydrogens (tertiary/aromatic N) is 2. The Bertz CT molecular complexity index is 2050. The Morgan fingerprint density at radius 1 is 0.667 bits per heavy atom. The molecule has 0 aliphatic rings. The van der Waals surface area contributed by atoms with E-state index in [1.165, 1.54) is 12.5 Å². The molecule has 360 valence electrons. The number of guanidine groups is 1. The van der Waals surface area contributed by atoms with E-state index in [0.29, 0.717) is 12.1 Å². The summed E-state index contributed by atoms with van der Waals surface area (Å²) in [6.07, 6.45) is 3.10. The molecule has 0 spiro atoms. The number of aromatic nitrogens is 2. The molecule has 1 heterocycles. The van der Waals surface area contributed by atoms with Crippen molar-refractivity contribution >= 4 is 47.5 Å². The smallest absolute Gasteiger partial charge is 0.408 e. The monoisotopic (exact) mass is 917 g/mol. The van der Waals surface area contributed by atoms with Gasteiger partial charge in [-0.2, -0.15) is 0 Å². The van der Waals surface area contributed by atoms with Crippen LogP contribution in [0.4, 0.5) is 4.79 Å². The van der Waals surface area contributed by atoms with E-state index < -0.39 is 89.6 Å². The molecule has 3 aromatic rings. The minimum atomic E-state index is -1.23. The number of benzene rings is 2. The molecular formula is C46H68N12O8. The molecule has 0 unspecified atom stereocenters. The minimum Gasteiger partial charge on any atom is -0.445 e. The molecule has 0 fully saturated rings. The van der Waals surface area contributed by atoms with E-state index in [2.05, 4.69) is 46.9 Å². The van der Waals surface area contributed by atoms with Gasteiger partial charge in [0, 0.05) is 31.3 Å². The Labute approximate surface area is 386 Å². The van der Waals surface area contributed by atoms with Gasteiger partial charge in [-0.3, -0.25) is 33.8 Å². The van der Waals surface area contributed by atoms with Crippen LogP contribution in [0.3, 0.4) is 0 Å². The molecular weight excluding hydrogens is 849 g/mol. The first-order chi connectivity index (χ1) is 31.4. The highest BCUT2D eigenvalue weighted by Gasteiger charge is 2.36. The largest absolute Gasteiger partial charge is 0.445 e. The van der Waals surface area contributed by atoms with Crippen molar-refractivity contribution in [3.8, 4) is 0 Å². The SMILES string of the molecule is CC[C@H](C)[C@H](NC(=O)[C@@H](NC(=O)[C@H](CC(C)C)NC(=O)[C@H](CCCN=C(N)N)NC(=O)[C@H](Cc1ccccc1)NC(=O)OCc1ccccc1)C(C)C)C(=O)N[C@@H](Cc1cnc[nH]1)C(N)=O. The fraction of sp³-hybridized carbons (Fsp3) is 0.500. The van der Waals surface area contributed by atoms with Crippen molar-refractivity contribution in [2.24, 2.45) is 39.9 Å². The number of hydrogen-bond acceptors (Lipinski definition) is 10. The topological polar surface area (TPSA) is 320 Å². The number of aliphatic imine (C=N–C) groups is 1. The van der Waals surface area contributed by atoms with Crippen LogP contribution in [-0.4, -0.2) is 100 Å². The molecule has 20 nitrogen and oxygen atoms in total. The zero-order valence-corrected chi connectivity index (χ0v) is 38.7. The molecule has 3 rings (SSSR count). The fourth-order valence-electron chi connectivity index (χ4n) is 6.82. The molecule has 0 radical (unpaired) electrons. The van der Waals surface area contributed by atoms with Gasteiger partial charge in [-0.15, -0.1) is 0 Å². The number of H-pyrrole nitrogens is 1. The quantitative estimate of drug-likeness (QED) is 0.0294. The summed E-state index contributed by atoms with van der Waals surface area (Å²) in [5.74, 6) is -5.33. The number of nitrogens with two attached hydrogens (primary N) is 3. The van der Waals surface area contributed by atoms with E-state index >= 15 is 0 Å². The summed E-state index contributed by atoms with van der Waals surface area (Å²) >= 11 is 0. The number of alkyl carbamates (subject to hydrolysis) is 1. The van der Waals surface area contributed by atoms with Crippen molar-refractivity contribution in [1.82, 2.24) is 41.9 Å². The Kier molecular flexibility index (Phi) is 22.1. The Morgan fingerprint density at radius 2 is 1.23 bits per heavy atom. The zero-order chi connectivity index (χ0) is 48.8. The summed E-state index contributed by atoms with van der Waals surface area (Å²) in [6.45, 7) is 10.8. The summed E-state index contributed by atoms with van der Waals surface area (Å²) in [5.41, 5.74) is 18.7. The van der Waals surface area contributed by atoms with E-state index in [1.807, 2.05) is 32.9 Å². The fourth-order valence-corrected chi connectivity index (χ4v) is 6.82. The molecule has 7 amide bonds. The van der Waals surface area contributed by atoms with Crippen molar-refractivity contribution in [2.75, 3.05) is 6.54 Å². The van der Waals surface area contributed by atoms with Crippen molar-refractivity contribution in [3.05, 3.63) is 90.0 Å². The maximum absolute atomic E-state index is 14.2. The van der Waals surface area contributed by atoms with Gasteiger partial charge < -0.3 is 58.8 Å². The third kappa shape index (κ3) is 18.6. The second-order valence-corrected chi connectivity index (χ2v) is 17.0. The van der Waals surface area contributed by atoms with Crippen LogP contribution in [0.5, 0.6) is 0 Å². The Balaban J connectivity index is 1.83. The van der Waals surface area contributed by atoms with Crippen LogP contribution in [0.25, 0.3) is 0 Å². The highest BCUT2D eigenvalue weighted by atomic mass is 16.5. The Morgan fingerprint density at radius 3 is 1.79 bits per heavy atom. The van der Waals surface area contributed by atoms with Crippen molar-refractivity contribution < 1.29 is 38.3 Å². The number of nitrogens with one attached hydrogen (secondary N) is 7. The van der Waals surface area contributed by atoms with E-state index in [9.17, 15) is 33.6 Å². The van der Waals surface area contributed by atoms with Crippen LogP contribution in [-0.2, 0) is 53.0 Å². The van der Waals surface area contributed by atoms with Gasteiger partial charge in [0.2, 0.25) is 35.4 Å². The third-order valence-corrected chi connectivity index (χ3v) is 10.7. The molecule has 0 saturated carbocycles. The van der Waals surface area contributed by atoms with Crippen LogP contribution in [0.15, 0.2) is 78.2 Å². The second kappa shape index (κ2) is 27.4. The molecule has 0 aliphatic heterocycles. The molecule has 2 aromatic carbocycles. The maximum Gasteiger partial charge on any atom is 0.408 e. The molecule has 7 atom stereocenters. The third-order valence-electron chi connectivity index (χ3n) is 10.7. The van der Waals surface area contributed by atoms with Gasteiger partial charge in [-0.05, 0) is 48.1 Å². The number of primary amides is 1. The maximum atomic E-state index is 14.2. The van der Waals surface area contributed by atoms with Gasteiger partial charge in [0.15, 0.2) is 5.96 Å². The summed E-state index contributed by atoms with van der Waals surface area (Å²) in [5, 5.41) is 16.4. The van der Waals surface area contributed by atoms with Crippen LogP contribution < -0.4 is 49.1 Å². The van der Waals surface area contributed by atoms with E-state index in [1.54, 1.807) is 69.3 Å². The summed E-state index contributed by atoms with van der Waals surface area (Å²) < 4.78 is 5.41. The average molecular weight is 917 g/mol. The number of carbonyl (C=O) groups is 7. The molecule has 0 bridgehead atoms. The number of rotatable bonds is 27. The van der Waals surface area contributed by atoms with E-state index in [-0.39, 0.29) is 57.1 Å². The highest BCUT2D eigenvalue weighted by molar-refractivity contribution is 5.97. The first kappa shape index (κ1) is 53.3. The van der Waals surface area contributed by atoms with Gasteiger partial charge in [0.05, 0.1) is 6.33 Å². The number of aromatic amines is 1. The lowest BCUT2D eigenvalue weighted by atomic mass is 9.95. The predicted octanol–water partition coefficient (Wildman–Crippen LogP) is 1.20. The highest BCUT2D eigenvalue weighted by Crippen LogP contribution is 2.14. The molecule has 13 N–H and O–H groups in total. The summed E-state index contributed by atoms with van der Waals surface area (Å²) in [4.78, 5) is 106. The normalized spacial score (nSPS) is 14.2. The van der Waals surface area contributed by atoms with Gasteiger partial charge in [-0.25, -0.2) is 9.78 Å². The van der Waals surface area contributed by atoms with Crippen molar-refractivity contribution in [3.63, 3.8) is 0 Å². The van der Waals surface area contributed by atoms with Gasteiger partial charge in [-0.1, -0.05) is 109 Å². The lowest BCUT2D eigenvalue weighted by molar-refractivity contribution is -0.136. The van der Waals surface area contributed by atoms with Gasteiger partial charge in [0.25, 0.3) is 0 Å². The first-order valence-electron chi connectivity index (χ1n) is 22.2. The number of ether oxygens (including phenoxy) is 1. The van der Waals surface area contributed by atoms with E-state index in [0.717, 1.165) is 11.1 Å². The summed E-state index contributed by atoms with van der Waals surface area (Å²) in [6, 6.07) is 11.0. The molecule has 1 aromatic heterocycles. The molecule has 0 saturated heterocycles. The summed E-state index contributed by atoms with van der Waals surface area (Å²) in [7, 11) is 0. The van der Waals surface area contributed by atoms with Crippen LogP contribution in [0, 0.1) is 17.8 Å². The predicted molar refractivity (Wildman–Crippen MR) is 248 cm³/mol. The molecule has 66 heavy (non-hydrogen) atoms. The van der Waals surface area contributed by atoms with Crippen molar-refractivity contribution in [2.45, 2.75) is 123 Å². The number of amides is 7. The Hall–Kier alpha value is -6.99. The van der Waals surface area contributed by atoms with Crippen LogP contribution >= 0.6 is 0 Å². The standard InChI is InChI=1S/C46H68N12O8/c1-7-29(6)38(44(64)54-34(39(47)59)23-32-24-50-26-52-32)58-43(63)37(28(4)5)57-42(62)35(21-27(2)3)55-40(60)33(19-14-20-51-45(48)49)53-41(61)36(22-30-15-10-8-11-16-30)56-46(65)66-25-31-17-12-9-13-18-31/h8-13,15-18,24,26-29,33-38H,7,14,19-23,25H2,1-6H3,(H2,47,59)(H,50,52)(H,53,61)(H,54,64)(H,55,60)(H,56,65)(H,57,62)(H,58,63)(H4,48,49,51)/t29-,33-,34-,35-,36-,37-,38-/m0/s1. The lowest BCUT2D eigenvalue weighted by Crippen LogP contribution is -2.61.